The molecule has 0 radical (unpaired) electrons. The summed E-state index contributed by atoms with van der Waals surface area (Å²) in [6.07, 6.45) is 0. The third kappa shape index (κ3) is 4.17. The molecule has 0 atom stereocenters. The largest absolute Gasteiger partial charge is 0.497 e. The van der Waals surface area contributed by atoms with Crippen LogP contribution in [0, 0.1) is 5.82 Å². The van der Waals surface area contributed by atoms with Crippen LogP contribution in [-0.2, 0) is 16.6 Å². The maximum Gasteiger partial charge on any atom is 0.243 e. The molecule has 0 saturated carbocycles. The number of halogens is 2. The molecule has 2 aromatic carbocycles. The lowest BCUT2D eigenvalue weighted by Crippen LogP contribution is -2.48. The van der Waals surface area contributed by atoms with Crippen LogP contribution in [0.2, 0.25) is 5.02 Å². The molecule has 0 N–H and O–H groups in total. The van der Waals surface area contributed by atoms with Crippen molar-refractivity contribution < 1.29 is 17.5 Å². The first-order chi connectivity index (χ1) is 12.4. The van der Waals surface area contributed by atoms with Gasteiger partial charge in [-0.1, -0.05) is 17.7 Å². The molecule has 0 amide bonds. The molecule has 0 aliphatic carbocycles. The number of ether oxygens (including phenoxy) is 1. The minimum atomic E-state index is -3.52. The molecule has 8 heteroatoms. The number of piperazine rings is 1. The van der Waals surface area contributed by atoms with E-state index in [0.717, 1.165) is 5.56 Å². The van der Waals surface area contributed by atoms with Gasteiger partial charge in [-0.3, -0.25) is 4.90 Å². The van der Waals surface area contributed by atoms with Crippen molar-refractivity contribution in [1.82, 2.24) is 9.21 Å². The van der Waals surface area contributed by atoms with E-state index in [1.807, 2.05) is 0 Å². The highest BCUT2D eigenvalue weighted by molar-refractivity contribution is 7.89. The van der Waals surface area contributed by atoms with E-state index in [0.29, 0.717) is 38.5 Å². The second-order valence-electron chi connectivity index (χ2n) is 6.10. The Morgan fingerprint density at radius 2 is 1.73 bits per heavy atom. The lowest BCUT2D eigenvalue weighted by Gasteiger charge is -2.34. The van der Waals surface area contributed by atoms with Crippen molar-refractivity contribution in [1.29, 1.82) is 0 Å². The molecule has 140 valence electrons. The Hall–Kier alpha value is -1.67. The molecular formula is C18H20ClFN2O3S. The fraction of sp³-hybridized carbons (Fsp3) is 0.333. The molecule has 1 aliphatic heterocycles. The first-order valence-corrected chi connectivity index (χ1v) is 10.0. The van der Waals surface area contributed by atoms with E-state index in [4.69, 9.17) is 16.3 Å². The molecule has 1 heterocycles. The average molecular weight is 399 g/mol. The van der Waals surface area contributed by atoms with Gasteiger partial charge < -0.3 is 4.74 Å². The van der Waals surface area contributed by atoms with Crippen molar-refractivity contribution in [2.24, 2.45) is 0 Å². The maximum atomic E-state index is 13.2. The van der Waals surface area contributed by atoms with E-state index in [1.54, 1.807) is 36.4 Å². The Bertz CT molecular complexity index is 867. The molecule has 26 heavy (non-hydrogen) atoms. The molecule has 0 aromatic heterocycles. The number of methoxy groups -OCH3 is 1. The van der Waals surface area contributed by atoms with Gasteiger partial charge in [-0.15, -0.1) is 0 Å². The molecule has 1 aliphatic rings. The number of sulfonamides is 1. The molecular weight excluding hydrogens is 379 g/mol. The van der Waals surface area contributed by atoms with E-state index < -0.39 is 15.8 Å². The van der Waals surface area contributed by atoms with Gasteiger partial charge >= 0.3 is 0 Å². The summed E-state index contributed by atoms with van der Waals surface area (Å²) >= 11 is 5.81. The normalized spacial score (nSPS) is 16.6. The Labute approximate surface area is 158 Å². The molecule has 0 bridgehead atoms. The molecule has 0 unspecified atom stereocenters. The lowest BCUT2D eigenvalue weighted by molar-refractivity contribution is 0.181. The Morgan fingerprint density at radius 3 is 2.31 bits per heavy atom. The van der Waals surface area contributed by atoms with Crippen LogP contribution >= 0.6 is 11.6 Å². The van der Waals surface area contributed by atoms with E-state index in [2.05, 4.69) is 4.90 Å². The summed E-state index contributed by atoms with van der Waals surface area (Å²) in [4.78, 5) is 2.39. The molecule has 5 nitrogen and oxygen atoms in total. The van der Waals surface area contributed by atoms with E-state index >= 15 is 0 Å². The van der Waals surface area contributed by atoms with Gasteiger partial charge in [-0.25, -0.2) is 12.8 Å². The summed E-state index contributed by atoms with van der Waals surface area (Å²) in [7, 11) is -1.98. The summed E-state index contributed by atoms with van der Waals surface area (Å²) in [5.41, 5.74) is 0.905. The van der Waals surface area contributed by atoms with Gasteiger partial charge in [0.15, 0.2) is 0 Å². The first kappa shape index (κ1) is 19.1. The van der Waals surface area contributed by atoms with Crippen LogP contribution in [0.3, 0.4) is 0 Å². The van der Waals surface area contributed by atoms with Gasteiger partial charge in [0.1, 0.15) is 11.6 Å². The van der Waals surface area contributed by atoms with E-state index in [1.165, 1.54) is 17.5 Å². The number of nitrogens with zero attached hydrogens (tertiary/aromatic N) is 2. The van der Waals surface area contributed by atoms with Crippen molar-refractivity contribution in [2.75, 3.05) is 33.3 Å². The van der Waals surface area contributed by atoms with Crippen LogP contribution in [0.1, 0.15) is 5.56 Å². The molecule has 2 aromatic rings. The fourth-order valence-corrected chi connectivity index (χ4v) is 4.55. The van der Waals surface area contributed by atoms with Crippen LogP contribution in [0.5, 0.6) is 5.75 Å². The van der Waals surface area contributed by atoms with Crippen molar-refractivity contribution in [3.05, 3.63) is 58.9 Å². The Kier molecular flexibility index (Phi) is 5.82. The first-order valence-electron chi connectivity index (χ1n) is 8.20. The molecule has 0 spiro atoms. The van der Waals surface area contributed by atoms with E-state index in [9.17, 15) is 12.8 Å². The quantitative estimate of drug-likeness (QED) is 0.777. The van der Waals surface area contributed by atoms with Crippen LogP contribution in [-0.4, -0.2) is 50.9 Å². The fourth-order valence-electron chi connectivity index (χ4n) is 2.92. The van der Waals surface area contributed by atoms with Gasteiger partial charge in [0, 0.05) is 32.7 Å². The van der Waals surface area contributed by atoms with Gasteiger partial charge in [-0.2, -0.15) is 4.31 Å². The second kappa shape index (κ2) is 7.92. The smallest absolute Gasteiger partial charge is 0.243 e. The van der Waals surface area contributed by atoms with Crippen molar-refractivity contribution in [3.63, 3.8) is 0 Å². The summed E-state index contributed by atoms with van der Waals surface area (Å²) in [5, 5.41) is 0.100. The maximum absolute atomic E-state index is 13.2. The predicted molar refractivity (Wildman–Crippen MR) is 98.4 cm³/mol. The lowest BCUT2D eigenvalue weighted by atomic mass is 10.2. The van der Waals surface area contributed by atoms with Gasteiger partial charge in [0.2, 0.25) is 10.0 Å². The van der Waals surface area contributed by atoms with Crippen molar-refractivity contribution in [3.8, 4) is 5.75 Å². The van der Waals surface area contributed by atoms with Gasteiger partial charge in [0.05, 0.1) is 17.0 Å². The minimum Gasteiger partial charge on any atom is -0.497 e. The minimum absolute atomic E-state index is 0.100. The van der Waals surface area contributed by atoms with Crippen molar-refractivity contribution in [2.45, 2.75) is 11.4 Å². The van der Waals surface area contributed by atoms with Gasteiger partial charge in [0.25, 0.3) is 0 Å². The average Bonchev–Trinajstić information content (AvgIpc) is 2.65. The third-order valence-electron chi connectivity index (χ3n) is 4.42. The standard InChI is InChI=1S/C18H20ClFN2O3S/c1-25-15-3-5-16(6-4-15)26(23,24)22-10-8-21(9-11-22)13-14-2-7-18(20)17(19)12-14/h2-7,12H,8-11,13H2,1H3. The molecule has 3 rings (SSSR count). The second-order valence-corrected chi connectivity index (χ2v) is 8.45. The van der Waals surface area contributed by atoms with Gasteiger partial charge in [-0.05, 0) is 42.0 Å². The van der Waals surface area contributed by atoms with Crippen LogP contribution in [0.25, 0.3) is 0 Å². The number of hydrogen-bond acceptors (Lipinski definition) is 4. The van der Waals surface area contributed by atoms with E-state index in [-0.39, 0.29) is 9.92 Å². The summed E-state index contributed by atoms with van der Waals surface area (Å²) in [6.45, 7) is 2.62. The zero-order valence-electron chi connectivity index (χ0n) is 14.4. The summed E-state index contributed by atoms with van der Waals surface area (Å²) in [6, 6.07) is 11.0. The predicted octanol–water partition coefficient (Wildman–Crippen LogP) is 2.99. The topological polar surface area (TPSA) is 49.9 Å². The Morgan fingerprint density at radius 1 is 1.08 bits per heavy atom. The molecule has 1 fully saturated rings. The third-order valence-corrected chi connectivity index (χ3v) is 6.62. The zero-order chi connectivity index (χ0) is 18.7. The monoisotopic (exact) mass is 398 g/mol. The Balaban J connectivity index is 1.62. The highest BCUT2D eigenvalue weighted by atomic mass is 35.5. The zero-order valence-corrected chi connectivity index (χ0v) is 15.9. The molecule has 1 saturated heterocycles. The summed E-state index contributed by atoms with van der Waals surface area (Å²) < 4.78 is 45.3. The van der Waals surface area contributed by atoms with Crippen LogP contribution < -0.4 is 4.74 Å². The van der Waals surface area contributed by atoms with Crippen LogP contribution in [0.15, 0.2) is 47.4 Å². The highest BCUT2D eigenvalue weighted by Gasteiger charge is 2.28. The number of benzene rings is 2. The SMILES string of the molecule is COc1ccc(S(=O)(=O)N2CCN(Cc3ccc(F)c(Cl)c3)CC2)cc1. The highest BCUT2D eigenvalue weighted by Crippen LogP contribution is 2.22. The van der Waals surface area contributed by atoms with Crippen LogP contribution in [0.4, 0.5) is 4.39 Å². The number of rotatable bonds is 5. The number of hydrogen-bond donors (Lipinski definition) is 0. The summed E-state index contributed by atoms with van der Waals surface area (Å²) in [5.74, 6) is 0.178. The van der Waals surface area contributed by atoms with Crippen molar-refractivity contribution >= 4 is 21.6 Å².